The maximum Gasteiger partial charge on any atom is 0.124 e. The van der Waals surface area contributed by atoms with E-state index in [1.54, 1.807) is 0 Å². The van der Waals surface area contributed by atoms with Crippen LogP contribution in [0.15, 0.2) is 18.2 Å². The van der Waals surface area contributed by atoms with Crippen LogP contribution >= 0.6 is 27.3 Å². The highest BCUT2D eigenvalue weighted by molar-refractivity contribution is 9.08. The smallest absolute Gasteiger partial charge is 0.124 e. The summed E-state index contributed by atoms with van der Waals surface area (Å²) in [6.07, 6.45) is 0. The van der Waals surface area contributed by atoms with Crippen molar-refractivity contribution in [1.82, 2.24) is 0 Å². The average Bonchev–Trinajstić information content (AvgIpc) is 2.59. The van der Waals surface area contributed by atoms with E-state index in [1.165, 1.54) is 23.5 Å². The molecule has 0 radical (unpaired) electrons. The molecule has 1 N–H and O–H groups in total. The largest absolute Gasteiger partial charge is 0.391 e. The van der Waals surface area contributed by atoms with Crippen LogP contribution in [0.4, 0.5) is 4.39 Å². The van der Waals surface area contributed by atoms with E-state index in [1.807, 2.05) is 6.07 Å². The molecule has 0 fully saturated rings. The van der Waals surface area contributed by atoms with Gasteiger partial charge in [0.05, 0.1) is 6.61 Å². The zero-order valence-corrected chi connectivity index (χ0v) is 9.66. The summed E-state index contributed by atoms with van der Waals surface area (Å²) in [4.78, 5) is 0.868. The summed E-state index contributed by atoms with van der Waals surface area (Å²) in [5, 5.41) is 10.6. The first-order valence-electron chi connectivity index (χ1n) is 4.12. The first-order valence-corrected chi connectivity index (χ1v) is 6.06. The van der Waals surface area contributed by atoms with Gasteiger partial charge in [-0.15, -0.1) is 11.3 Å². The first kappa shape index (κ1) is 10.1. The molecule has 0 spiro atoms. The Hall–Kier alpha value is -0.450. The van der Waals surface area contributed by atoms with Crippen molar-refractivity contribution in [3.8, 4) is 0 Å². The molecule has 1 aromatic heterocycles. The van der Waals surface area contributed by atoms with Gasteiger partial charge in [-0.3, -0.25) is 0 Å². The van der Waals surface area contributed by atoms with Crippen LogP contribution in [0.1, 0.15) is 10.4 Å². The maximum absolute atomic E-state index is 13.1. The summed E-state index contributed by atoms with van der Waals surface area (Å²) in [5.74, 6) is -0.224. The van der Waals surface area contributed by atoms with Gasteiger partial charge in [0, 0.05) is 14.9 Å². The molecular formula is C10H8BrFOS. The Morgan fingerprint density at radius 3 is 2.79 bits per heavy atom. The van der Waals surface area contributed by atoms with Crippen LogP contribution < -0.4 is 0 Å². The van der Waals surface area contributed by atoms with Crippen molar-refractivity contribution < 1.29 is 9.50 Å². The average molecular weight is 275 g/mol. The van der Waals surface area contributed by atoms with Gasteiger partial charge in [0.1, 0.15) is 5.82 Å². The fourth-order valence-electron chi connectivity index (χ4n) is 1.42. The predicted molar refractivity (Wildman–Crippen MR) is 60.3 cm³/mol. The first-order chi connectivity index (χ1) is 6.74. The second kappa shape index (κ2) is 3.96. The van der Waals surface area contributed by atoms with Gasteiger partial charge >= 0.3 is 0 Å². The molecule has 1 nitrogen and oxygen atoms in total. The molecule has 0 aliphatic rings. The van der Waals surface area contributed by atoms with Gasteiger partial charge in [0.25, 0.3) is 0 Å². The maximum atomic E-state index is 13.1. The summed E-state index contributed by atoms with van der Waals surface area (Å²) >= 11 is 4.75. The van der Waals surface area contributed by atoms with Gasteiger partial charge < -0.3 is 5.11 Å². The summed E-state index contributed by atoms with van der Waals surface area (Å²) in [5.41, 5.74) is 0.927. The Kier molecular flexibility index (Phi) is 2.85. The number of fused-ring (bicyclic) bond motifs is 1. The van der Waals surface area contributed by atoms with Crippen LogP contribution in [0.2, 0.25) is 0 Å². The Bertz CT molecular complexity index is 466. The Morgan fingerprint density at radius 1 is 1.36 bits per heavy atom. The predicted octanol–water partition coefficient (Wildman–Crippen LogP) is 3.43. The van der Waals surface area contributed by atoms with Gasteiger partial charge in [-0.2, -0.15) is 0 Å². The van der Waals surface area contributed by atoms with Gasteiger partial charge in [0.2, 0.25) is 0 Å². The van der Waals surface area contributed by atoms with E-state index >= 15 is 0 Å². The van der Waals surface area contributed by atoms with Gasteiger partial charge in [0.15, 0.2) is 0 Å². The summed E-state index contributed by atoms with van der Waals surface area (Å²) in [6.45, 7) is 0.0166. The molecule has 0 aliphatic carbocycles. The number of hydrogen-bond acceptors (Lipinski definition) is 2. The van der Waals surface area contributed by atoms with Crippen LogP contribution in [-0.4, -0.2) is 5.11 Å². The lowest BCUT2D eigenvalue weighted by Gasteiger charge is -1.98. The normalized spacial score (nSPS) is 11.1. The van der Waals surface area contributed by atoms with Crippen LogP contribution in [0.3, 0.4) is 0 Å². The van der Waals surface area contributed by atoms with Crippen LogP contribution in [0.25, 0.3) is 10.1 Å². The van der Waals surface area contributed by atoms with E-state index in [2.05, 4.69) is 15.9 Å². The van der Waals surface area contributed by atoms with E-state index < -0.39 is 0 Å². The standard InChI is InChI=1S/C10H8BrFOS/c11-4-6-1-7(12)2-10-9(6)3-8(5-13)14-10/h1-3,13H,4-5H2. The van der Waals surface area contributed by atoms with Crippen molar-refractivity contribution in [1.29, 1.82) is 0 Å². The number of alkyl halides is 1. The summed E-state index contributed by atoms with van der Waals surface area (Å²) in [7, 11) is 0. The molecular weight excluding hydrogens is 267 g/mol. The molecule has 0 aliphatic heterocycles. The van der Waals surface area contributed by atoms with E-state index in [0.29, 0.717) is 5.33 Å². The Morgan fingerprint density at radius 2 is 2.14 bits per heavy atom. The monoisotopic (exact) mass is 274 g/mol. The molecule has 0 saturated carbocycles. The third-order valence-electron chi connectivity index (χ3n) is 2.04. The zero-order valence-electron chi connectivity index (χ0n) is 7.26. The highest BCUT2D eigenvalue weighted by Crippen LogP contribution is 2.30. The minimum atomic E-state index is -0.224. The molecule has 0 saturated heterocycles. The molecule has 1 heterocycles. The second-order valence-corrected chi connectivity index (χ2v) is 4.71. The van der Waals surface area contributed by atoms with E-state index in [-0.39, 0.29) is 12.4 Å². The number of aliphatic hydroxyl groups excluding tert-OH is 1. The number of thiophene rings is 1. The lowest BCUT2D eigenvalue weighted by molar-refractivity contribution is 0.285. The number of halogens is 2. The fraction of sp³-hybridized carbons (Fsp3) is 0.200. The van der Waals surface area contributed by atoms with Crippen molar-refractivity contribution in [2.24, 2.45) is 0 Å². The Labute approximate surface area is 93.3 Å². The highest BCUT2D eigenvalue weighted by atomic mass is 79.9. The minimum absolute atomic E-state index is 0.0166. The number of rotatable bonds is 2. The third-order valence-corrected chi connectivity index (χ3v) is 3.71. The molecule has 2 aromatic rings. The van der Waals surface area contributed by atoms with Crippen LogP contribution in [0.5, 0.6) is 0 Å². The topological polar surface area (TPSA) is 20.2 Å². The van der Waals surface area contributed by atoms with E-state index in [0.717, 1.165) is 20.5 Å². The lowest BCUT2D eigenvalue weighted by Crippen LogP contribution is -1.81. The minimum Gasteiger partial charge on any atom is -0.391 e. The van der Waals surface area contributed by atoms with Gasteiger partial charge in [-0.25, -0.2) is 4.39 Å². The highest BCUT2D eigenvalue weighted by Gasteiger charge is 2.07. The third kappa shape index (κ3) is 1.69. The number of hydrogen-bond donors (Lipinski definition) is 1. The lowest BCUT2D eigenvalue weighted by atomic mass is 10.1. The van der Waals surface area contributed by atoms with Crippen molar-refractivity contribution in [3.63, 3.8) is 0 Å². The molecule has 14 heavy (non-hydrogen) atoms. The zero-order chi connectivity index (χ0) is 10.1. The van der Waals surface area contributed by atoms with Crippen molar-refractivity contribution in [2.75, 3.05) is 0 Å². The summed E-state index contributed by atoms with van der Waals surface area (Å²) in [6, 6.07) is 4.94. The summed E-state index contributed by atoms with van der Waals surface area (Å²) < 4.78 is 14.0. The molecule has 0 amide bonds. The van der Waals surface area contributed by atoms with Crippen LogP contribution in [-0.2, 0) is 11.9 Å². The number of benzene rings is 1. The van der Waals surface area contributed by atoms with Crippen molar-refractivity contribution in [2.45, 2.75) is 11.9 Å². The van der Waals surface area contributed by atoms with Crippen LogP contribution in [0, 0.1) is 5.82 Å². The molecule has 2 rings (SSSR count). The molecule has 1 aromatic carbocycles. The fourth-order valence-corrected chi connectivity index (χ4v) is 2.87. The van der Waals surface area contributed by atoms with E-state index in [4.69, 9.17) is 5.11 Å². The van der Waals surface area contributed by atoms with Crippen molar-refractivity contribution in [3.05, 3.63) is 34.5 Å². The number of aliphatic hydroxyl groups is 1. The molecule has 74 valence electrons. The SMILES string of the molecule is OCc1cc2c(CBr)cc(F)cc2s1. The molecule has 0 bridgehead atoms. The molecule has 0 unspecified atom stereocenters. The van der Waals surface area contributed by atoms with Crippen molar-refractivity contribution >= 4 is 37.4 Å². The second-order valence-electron chi connectivity index (χ2n) is 2.98. The van der Waals surface area contributed by atoms with Gasteiger partial charge in [-0.1, -0.05) is 15.9 Å². The van der Waals surface area contributed by atoms with Gasteiger partial charge in [-0.05, 0) is 29.1 Å². The Balaban J connectivity index is 2.71. The molecule has 0 atom stereocenters. The van der Waals surface area contributed by atoms with E-state index in [9.17, 15) is 4.39 Å². The molecule has 4 heteroatoms. The quantitative estimate of drug-likeness (QED) is 0.832.